The molecule has 0 unspecified atom stereocenters. The Bertz CT molecular complexity index is 2360. The average molecular weight is 793 g/mol. The summed E-state index contributed by atoms with van der Waals surface area (Å²) in [5, 5.41) is 4.97. The van der Waals surface area contributed by atoms with Crippen molar-refractivity contribution < 1.29 is 54.6 Å². The molecular formula is C36H30N2Na2O12S2. The van der Waals surface area contributed by atoms with Crippen molar-refractivity contribution in [2.45, 2.75) is 9.79 Å². The number of amides is 2. The molecule has 0 radical (unpaired) electrons. The molecule has 270 valence electrons. The van der Waals surface area contributed by atoms with Gasteiger partial charge in [-0.3, -0.25) is 28.3 Å². The van der Waals surface area contributed by atoms with Gasteiger partial charge in [0.2, 0.25) is 0 Å². The number of ketones is 2. The van der Waals surface area contributed by atoms with Crippen LogP contribution in [0.3, 0.4) is 0 Å². The van der Waals surface area contributed by atoms with Gasteiger partial charge in [-0.25, -0.2) is 0 Å². The molecule has 0 aliphatic rings. The standard InChI is InChI=1S/C36H28N2O12S2.2Na.2H/c39-32(37-27-15-11-25(12-16-27)34(41)23-7-3-1-4-8-23)21-49-30-19-29(51(43,44)45)20-31(52(46,47)48)36(30)50-22-33(40)38-28-17-13-26(14-18-28)35(42)24-9-5-2-6-10-24;;;;/h1-20H,21-22H2,(H,37,39)(H,38,40)(H,43,44,45)(H,46,47,48);;;;. The third-order valence-corrected chi connectivity index (χ3v) is 8.90. The van der Waals surface area contributed by atoms with Crippen molar-refractivity contribution in [1.82, 2.24) is 0 Å². The third-order valence-electron chi connectivity index (χ3n) is 7.21. The summed E-state index contributed by atoms with van der Waals surface area (Å²) in [6, 6.07) is 29.7. The molecule has 54 heavy (non-hydrogen) atoms. The average Bonchev–Trinajstić information content (AvgIpc) is 3.13. The van der Waals surface area contributed by atoms with E-state index in [2.05, 4.69) is 10.6 Å². The number of rotatable bonds is 14. The molecule has 0 spiro atoms. The van der Waals surface area contributed by atoms with E-state index in [1.165, 1.54) is 48.5 Å². The van der Waals surface area contributed by atoms with Crippen LogP contribution in [0, 0.1) is 0 Å². The van der Waals surface area contributed by atoms with Crippen LogP contribution in [0.25, 0.3) is 0 Å². The second kappa shape index (κ2) is 19.4. The summed E-state index contributed by atoms with van der Waals surface area (Å²) in [6.45, 7) is -1.78. The Balaban J connectivity index is 0.00000392. The molecule has 18 heteroatoms. The summed E-state index contributed by atoms with van der Waals surface area (Å²) in [5.74, 6) is -3.75. The zero-order valence-electron chi connectivity index (χ0n) is 26.8. The quantitative estimate of drug-likeness (QED) is 0.0723. The first-order valence-electron chi connectivity index (χ1n) is 15.1. The van der Waals surface area contributed by atoms with E-state index in [-0.39, 0.29) is 82.1 Å². The Kier molecular flexibility index (Phi) is 15.9. The summed E-state index contributed by atoms with van der Waals surface area (Å²) in [7, 11) is -10.4. The summed E-state index contributed by atoms with van der Waals surface area (Å²) in [6.07, 6.45) is 0. The Morgan fingerprint density at radius 1 is 0.519 bits per heavy atom. The van der Waals surface area contributed by atoms with Crippen molar-refractivity contribution in [3.63, 3.8) is 0 Å². The van der Waals surface area contributed by atoms with Crippen LogP contribution < -0.4 is 20.1 Å². The predicted molar refractivity (Wildman–Crippen MR) is 201 cm³/mol. The van der Waals surface area contributed by atoms with E-state index < -0.39 is 66.6 Å². The number of ether oxygens (including phenoxy) is 2. The minimum atomic E-state index is -5.27. The summed E-state index contributed by atoms with van der Waals surface area (Å²) in [5.41, 5.74) is 2.10. The SMILES string of the molecule is O=C(COc1cc(S(=O)(=O)O)cc(S(=O)(=O)O)c1OCC(=O)Nc1ccc(C(=O)c2ccccc2)cc1)Nc1ccc(C(=O)c2ccccc2)cc1.[NaH].[NaH]. The fourth-order valence-electron chi connectivity index (χ4n) is 4.74. The van der Waals surface area contributed by atoms with Crippen LogP contribution in [-0.4, -0.2) is 122 Å². The molecule has 0 bridgehead atoms. The second-order valence-corrected chi connectivity index (χ2v) is 13.7. The molecule has 0 aliphatic heterocycles. The minimum absolute atomic E-state index is 0. The maximum absolute atomic E-state index is 12.8. The van der Waals surface area contributed by atoms with Crippen LogP contribution >= 0.6 is 0 Å². The van der Waals surface area contributed by atoms with E-state index in [1.54, 1.807) is 60.7 Å². The van der Waals surface area contributed by atoms with E-state index in [4.69, 9.17) is 9.47 Å². The molecule has 5 rings (SSSR count). The van der Waals surface area contributed by atoms with Crippen molar-refractivity contribution in [2.75, 3.05) is 23.8 Å². The number of carbonyl (C=O) groups is 4. The van der Waals surface area contributed by atoms with Crippen LogP contribution in [0.15, 0.2) is 131 Å². The molecule has 5 aromatic rings. The van der Waals surface area contributed by atoms with Gasteiger partial charge in [0, 0.05) is 39.7 Å². The van der Waals surface area contributed by atoms with Gasteiger partial charge in [0.25, 0.3) is 32.1 Å². The fourth-order valence-corrected chi connectivity index (χ4v) is 6.01. The van der Waals surface area contributed by atoms with E-state index in [9.17, 15) is 45.1 Å². The summed E-state index contributed by atoms with van der Waals surface area (Å²) >= 11 is 0. The monoisotopic (exact) mass is 792 g/mol. The topological polar surface area (TPSA) is 220 Å². The second-order valence-electron chi connectivity index (χ2n) is 10.9. The molecule has 0 fully saturated rings. The molecule has 0 atom stereocenters. The number of anilines is 2. The van der Waals surface area contributed by atoms with Gasteiger partial charge in [0.05, 0.1) is 4.90 Å². The van der Waals surface area contributed by atoms with Crippen LogP contribution in [0.2, 0.25) is 0 Å². The Morgan fingerprint density at radius 3 is 1.30 bits per heavy atom. The summed E-state index contributed by atoms with van der Waals surface area (Å²) < 4.78 is 78.6. The molecule has 2 amide bonds. The van der Waals surface area contributed by atoms with E-state index in [0.717, 1.165) is 0 Å². The summed E-state index contributed by atoms with van der Waals surface area (Å²) in [4.78, 5) is 48.6. The van der Waals surface area contributed by atoms with Crippen molar-refractivity contribution in [1.29, 1.82) is 0 Å². The van der Waals surface area contributed by atoms with Gasteiger partial charge in [-0.2, -0.15) is 16.8 Å². The van der Waals surface area contributed by atoms with Crippen LogP contribution in [0.1, 0.15) is 31.8 Å². The first-order chi connectivity index (χ1) is 24.7. The van der Waals surface area contributed by atoms with Crippen molar-refractivity contribution >= 4 is 114 Å². The molecule has 0 saturated heterocycles. The first-order valence-corrected chi connectivity index (χ1v) is 17.9. The van der Waals surface area contributed by atoms with Crippen LogP contribution in [0.4, 0.5) is 11.4 Å². The number of hydrogen-bond acceptors (Lipinski definition) is 10. The molecule has 5 aromatic carbocycles. The van der Waals surface area contributed by atoms with Crippen molar-refractivity contribution in [3.05, 3.63) is 144 Å². The number of carbonyl (C=O) groups excluding carboxylic acids is 4. The van der Waals surface area contributed by atoms with Crippen molar-refractivity contribution in [2.24, 2.45) is 0 Å². The normalized spacial score (nSPS) is 10.9. The Hall–Kier alpha value is -4.20. The van der Waals surface area contributed by atoms with Gasteiger partial charge in [0.15, 0.2) is 36.3 Å². The molecular weight excluding hydrogens is 763 g/mol. The van der Waals surface area contributed by atoms with Gasteiger partial charge in [-0.1, -0.05) is 60.7 Å². The third kappa shape index (κ3) is 11.9. The maximum atomic E-state index is 12.8. The van der Waals surface area contributed by atoms with Crippen LogP contribution in [0.5, 0.6) is 11.5 Å². The van der Waals surface area contributed by atoms with Gasteiger partial charge >= 0.3 is 59.1 Å². The van der Waals surface area contributed by atoms with E-state index >= 15 is 0 Å². The number of hydrogen-bond donors (Lipinski definition) is 4. The molecule has 4 N–H and O–H groups in total. The molecule has 0 aliphatic carbocycles. The Morgan fingerprint density at radius 2 is 0.907 bits per heavy atom. The van der Waals surface area contributed by atoms with Gasteiger partial charge in [-0.05, 0) is 54.6 Å². The molecule has 0 aromatic heterocycles. The number of benzene rings is 5. The predicted octanol–water partition coefficient (Wildman–Crippen LogP) is 3.38. The van der Waals surface area contributed by atoms with Crippen molar-refractivity contribution in [3.8, 4) is 11.5 Å². The Labute approximate surface area is 354 Å². The van der Waals surface area contributed by atoms with Crippen LogP contribution in [-0.2, 0) is 29.8 Å². The van der Waals surface area contributed by atoms with Gasteiger partial charge < -0.3 is 20.1 Å². The van der Waals surface area contributed by atoms with E-state index in [0.29, 0.717) is 34.4 Å². The zero-order valence-corrected chi connectivity index (χ0v) is 28.4. The fraction of sp³-hybridized carbons (Fsp3) is 0.0556. The number of nitrogens with one attached hydrogen (secondary N) is 2. The van der Waals surface area contributed by atoms with Gasteiger partial charge in [0.1, 0.15) is 4.90 Å². The first kappa shape index (κ1) is 44.2. The zero-order chi connectivity index (χ0) is 37.5. The van der Waals surface area contributed by atoms with E-state index in [1.807, 2.05) is 0 Å². The molecule has 0 heterocycles. The molecule has 0 saturated carbocycles. The molecule has 14 nitrogen and oxygen atoms in total. The van der Waals surface area contributed by atoms with Gasteiger partial charge in [-0.15, -0.1) is 0 Å².